The second-order valence-electron chi connectivity index (χ2n) is 8.29. The van der Waals surface area contributed by atoms with Crippen LogP contribution in [0.2, 0.25) is 0 Å². The van der Waals surface area contributed by atoms with Gasteiger partial charge in [-0.2, -0.15) is 0 Å². The van der Waals surface area contributed by atoms with Gasteiger partial charge < -0.3 is 24.4 Å². The lowest BCUT2D eigenvalue weighted by molar-refractivity contribution is -0.134. The Balaban J connectivity index is 1.39. The number of amides is 2. The maximum absolute atomic E-state index is 12.5. The third kappa shape index (κ3) is 6.88. The monoisotopic (exact) mass is 454 g/mol. The van der Waals surface area contributed by atoms with Crippen LogP contribution >= 0.6 is 0 Å². The molecule has 2 aromatic rings. The highest BCUT2D eigenvalue weighted by Gasteiger charge is 2.23. The maximum Gasteiger partial charge on any atom is 0.260 e. The van der Waals surface area contributed by atoms with Crippen molar-refractivity contribution in [1.82, 2.24) is 10.2 Å². The number of carbonyl (C=O) groups is 2. The standard InChI is InChI=1S/C26H34N2O5/c1-4-5-19-6-9-22(10-7-19)33-18-25(29)28-14-12-20(13-15-28)17-27-26(30)21-8-11-23(31-2)24(16-21)32-3/h6-11,16,20H,4-5,12-15,17-18H2,1-3H3,(H,27,30). The average Bonchev–Trinajstić information content (AvgIpc) is 2.86. The van der Waals surface area contributed by atoms with Gasteiger partial charge in [-0.25, -0.2) is 0 Å². The second kappa shape index (κ2) is 12.1. The molecule has 7 heteroatoms. The number of rotatable bonds is 10. The molecule has 0 bridgehead atoms. The quantitative estimate of drug-likeness (QED) is 0.592. The first-order valence-corrected chi connectivity index (χ1v) is 11.5. The molecule has 0 unspecified atom stereocenters. The number of nitrogens with zero attached hydrogens (tertiary/aromatic N) is 1. The lowest BCUT2D eigenvalue weighted by Crippen LogP contribution is -2.43. The predicted octanol–water partition coefficient (Wildman–Crippen LogP) is 3.70. The molecule has 33 heavy (non-hydrogen) atoms. The highest BCUT2D eigenvalue weighted by molar-refractivity contribution is 5.94. The van der Waals surface area contributed by atoms with E-state index in [1.165, 1.54) is 5.56 Å². The molecule has 0 saturated carbocycles. The van der Waals surface area contributed by atoms with Gasteiger partial charge in [0, 0.05) is 25.2 Å². The van der Waals surface area contributed by atoms with Crippen molar-refractivity contribution in [3.8, 4) is 17.2 Å². The molecule has 1 aliphatic heterocycles. The third-order valence-corrected chi connectivity index (χ3v) is 5.99. The van der Waals surface area contributed by atoms with E-state index in [2.05, 4.69) is 12.2 Å². The van der Waals surface area contributed by atoms with Gasteiger partial charge >= 0.3 is 0 Å². The number of carbonyl (C=O) groups excluding carboxylic acids is 2. The number of ether oxygens (including phenoxy) is 3. The van der Waals surface area contributed by atoms with Crippen LogP contribution in [-0.4, -0.2) is 57.2 Å². The van der Waals surface area contributed by atoms with Crippen molar-refractivity contribution in [1.29, 1.82) is 0 Å². The SMILES string of the molecule is CCCc1ccc(OCC(=O)N2CCC(CNC(=O)c3ccc(OC)c(OC)c3)CC2)cc1. The van der Waals surface area contributed by atoms with Crippen LogP contribution in [0.4, 0.5) is 0 Å². The Labute approximate surface area is 196 Å². The van der Waals surface area contributed by atoms with Gasteiger partial charge in [0.2, 0.25) is 0 Å². The summed E-state index contributed by atoms with van der Waals surface area (Å²) in [6.45, 7) is 4.13. The second-order valence-corrected chi connectivity index (χ2v) is 8.29. The summed E-state index contributed by atoms with van der Waals surface area (Å²) in [6, 6.07) is 13.1. The predicted molar refractivity (Wildman–Crippen MR) is 127 cm³/mol. The van der Waals surface area contributed by atoms with Gasteiger partial charge in [-0.15, -0.1) is 0 Å². The molecule has 2 aromatic carbocycles. The molecular weight excluding hydrogens is 420 g/mol. The zero-order chi connectivity index (χ0) is 23.6. The summed E-state index contributed by atoms with van der Waals surface area (Å²) in [4.78, 5) is 26.9. The van der Waals surface area contributed by atoms with Crippen LogP contribution in [0.25, 0.3) is 0 Å². The summed E-state index contributed by atoms with van der Waals surface area (Å²) in [5.74, 6) is 2.02. The van der Waals surface area contributed by atoms with Crippen molar-refractivity contribution in [3.63, 3.8) is 0 Å². The molecule has 1 saturated heterocycles. The molecule has 1 N–H and O–H groups in total. The number of nitrogens with one attached hydrogen (secondary N) is 1. The Morgan fingerprint density at radius 1 is 1.00 bits per heavy atom. The molecule has 3 rings (SSSR count). The van der Waals surface area contributed by atoms with Crippen LogP contribution in [0, 0.1) is 5.92 Å². The Bertz CT molecular complexity index is 921. The Hall–Kier alpha value is -3.22. The van der Waals surface area contributed by atoms with Gasteiger partial charge in [-0.05, 0) is 61.1 Å². The van der Waals surface area contributed by atoms with E-state index < -0.39 is 0 Å². The van der Waals surface area contributed by atoms with Crippen LogP contribution in [-0.2, 0) is 11.2 Å². The minimum Gasteiger partial charge on any atom is -0.493 e. The number of hydrogen-bond donors (Lipinski definition) is 1. The molecule has 2 amide bonds. The van der Waals surface area contributed by atoms with Crippen molar-refractivity contribution in [2.45, 2.75) is 32.6 Å². The largest absolute Gasteiger partial charge is 0.493 e. The fraction of sp³-hybridized carbons (Fsp3) is 0.462. The van der Waals surface area contributed by atoms with Crippen molar-refractivity contribution < 1.29 is 23.8 Å². The first-order chi connectivity index (χ1) is 16.0. The van der Waals surface area contributed by atoms with Crippen LogP contribution in [0.3, 0.4) is 0 Å². The summed E-state index contributed by atoms with van der Waals surface area (Å²) in [7, 11) is 3.11. The van der Waals surface area contributed by atoms with E-state index >= 15 is 0 Å². The molecule has 0 atom stereocenters. The summed E-state index contributed by atoms with van der Waals surface area (Å²) < 4.78 is 16.2. The molecule has 1 fully saturated rings. The van der Waals surface area contributed by atoms with Crippen molar-refractivity contribution >= 4 is 11.8 Å². The van der Waals surface area contributed by atoms with Crippen molar-refractivity contribution in [2.75, 3.05) is 40.5 Å². The van der Waals surface area contributed by atoms with E-state index in [-0.39, 0.29) is 18.4 Å². The third-order valence-electron chi connectivity index (χ3n) is 5.99. The van der Waals surface area contributed by atoms with Crippen molar-refractivity contribution in [3.05, 3.63) is 53.6 Å². The van der Waals surface area contributed by atoms with E-state index in [9.17, 15) is 9.59 Å². The number of methoxy groups -OCH3 is 2. The molecule has 0 aliphatic carbocycles. The van der Waals surface area contributed by atoms with Crippen LogP contribution < -0.4 is 19.5 Å². The topological polar surface area (TPSA) is 77.1 Å². The van der Waals surface area contributed by atoms with Gasteiger partial charge in [-0.3, -0.25) is 9.59 Å². The van der Waals surface area contributed by atoms with Gasteiger partial charge in [0.25, 0.3) is 11.8 Å². The fourth-order valence-electron chi connectivity index (χ4n) is 3.98. The maximum atomic E-state index is 12.5. The molecule has 1 heterocycles. The van der Waals surface area contributed by atoms with E-state index in [1.54, 1.807) is 32.4 Å². The normalized spacial score (nSPS) is 14.0. The molecule has 0 aromatic heterocycles. The van der Waals surface area contributed by atoms with Crippen LogP contribution in [0.5, 0.6) is 17.2 Å². The first kappa shape index (κ1) is 24.4. The van der Waals surface area contributed by atoms with E-state index in [0.717, 1.165) is 31.4 Å². The smallest absolute Gasteiger partial charge is 0.260 e. The molecule has 1 aliphatic rings. The van der Waals surface area contributed by atoms with Gasteiger partial charge in [0.15, 0.2) is 18.1 Å². The number of piperidine rings is 1. The highest BCUT2D eigenvalue weighted by atomic mass is 16.5. The molecule has 7 nitrogen and oxygen atoms in total. The fourth-order valence-corrected chi connectivity index (χ4v) is 3.98. The zero-order valence-electron chi connectivity index (χ0n) is 19.8. The number of hydrogen-bond acceptors (Lipinski definition) is 5. The number of likely N-dealkylation sites (tertiary alicyclic amines) is 1. The number of benzene rings is 2. The minimum atomic E-state index is -0.146. The van der Waals surface area contributed by atoms with Crippen LogP contribution in [0.1, 0.15) is 42.1 Å². The average molecular weight is 455 g/mol. The zero-order valence-corrected chi connectivity index (χ0v) is 19.8. The number of aryl methyl sites for hydroxylation is 1. The van der Waals surface area contributed by atoms with E-state index in [4.69, 9.17) is 14.2 Å². The Morgan fingerprint density at radius 2 is 1.70 bits per heavy atom. The Kier molecular flexibility index (Phi) is 8.98. The molecular formula is C26H34N2O5. The van der Waals surface area contributed by atoms with E-state index in [1.807, 2.05) is 29.2 Å². The summed E-state index contributed by atoms with van der Waals surface area (Å²) >= 11 is 0. The van der Waals surface area contributed by atoms with Gasteiger partial charge in [0.05, 0.1) is 14.2 Å². The highest BCUT2D eigenvalue weighted by Crippen LogP contribution is 2.27. The summed E-state index contributed by atoms with van der Waals surface area (Å²) in [5, 5.41) is 3.00. The van der Waals surface area contributed by atoms with E-state index in [0.29, 0.717) is 42.6 Å². The lowest BCUT2D eigenvalue weighted by atomic mass is 9.96. The van der Waals surface area contributed by atoms with Crippen LogP contribution in [0.15, 0.2) is 42.5 Å². The minimum absolute atomic E-state index is 0.000415. The van der Waals surface area contributed by atoms with Gasteiger partial charge in [-0.1, -0.05) is 25.5 Å². The first-order valence-electron chi connectivity index (χ1n) is 11.5. The lowest BCUT2D eigenvalue weighted by Gasteiger charge is -2.32. The van der Waals surface area contributed by atoms with Gasteiger partial charge in [0.1, 0.15) is 5.75 Å². The molecule has 0 spiro atoms. The van der Waals surface area contributed by atoms with Crippen molar-refractivity contribution in [2.24, 2.45) is 5.92 Å². The molecule has 178 valence electrons. The molecule has 0 radical (unpaired) electrons. The summed E-state index contributed by atoms with van der Waals surface area (Å²) in [5.41, 5.74) is 1.80. The Morgan fingerprint density at radius 3 is 2.33 bits per heavy atom. The summed E-state index contributed by atoms with van der Waals surface area (Å²) in [6.07, 6.45) is 3.85.